The van der Waals surface area contributed by atoms with Gasteiger partial charge in [0, 0.05) is 30.3 Å². The van der Waals surface area contributed by atoms with E-state index in [1.54, 1.807) is 42.3 Å². The quantitative estimate of drug-likeness (QED) is 0.591. The Balaban J connectivity index is 1.88. The van der Waals surface area contributed by atoms with E-state index in [0.717, 1.165) is 6.42 Å². The molecule has 8 heteroatoms. The number of rotatable bonds is 10. The lowest BCUT2D eigenvalue weighted by Gasteiger charge is -2.20. The molecule has 0 radical (unpaired) electrons. The molecule has 2 aromatic carbocycles. The van der Waals surface area contributed by atoms with E-state index in [0.29, 0.717) is 72.7 Å². The summed E-state index contributed by atoms with van der Waals surface area (Å²) in [7, 11) is 1.54. The molecule has 2 amide bonds. The monoisotopic (exact) mass is 442 g/mol. The first-order chi connectivity index (χ1) is 15.5. The number of carbonyl (C=O) groups is 2. The number of nitrogens with one attached hydrogen (secondary N) is 1. The fourth-order valence-corrected chi connectivity index (χ4v) is 3.60. The van der Waals surface area contributed by atoms with Gasteiger partial charge in [0.25, 0.3) is 5.91 Å². The first kappa shape index (κ1) is 23.2. The van der Waals surface area contributed by atoms with Crippen LogP contribution in [0.15, 0.2) is 30.3 Å². The van der Waals surface area contributed by atoms with E-state index < -0.39 is 0 Å². The highest BCUT2D eigenvalue weighted by atomic mass is 16.5. The van der Waals surface area contributed by atoms with E-state index in [4.69, 9.17) is 18.9 Å². The number of nitrogens with zero attached hydrogens (tertiary/aromatic N) is 1. The SMILES string of the molecule is CCOc1cc(C(=O)Nc2ccc(N3CCCC3=O)c(OC)c2)cc(OCC)c1OCC. The molecular weight excluding hydrogens is 412 g/mol. The van der Waals surface area contributed by atoms with Gasteiger partial charge >= 0.3 is 0 Å². The van der Waals surface area contributed by atoms with E-state index in [9.17, 15) is 9.59 Å². The van der Waals surface area contributed by atoms with Gasteiger partial charge in [-0.15, -0.1) is 0 Å². The van der Waals surface area contributed by atoms with Crippen molar-refractivity contribution in [3.63, 3.8) is 0 Å². The second-order valence-corrected chi connectivity index (χ2v) is 7.09. The van der Waals surface area contributed by atoms with E-state index in [1.165, 1.54) is 0 Å². The van der Waals surface area contributed by atoms with E-state index >= 15 is 0 Å². The summed E-state index contributed by atoms with van der Waals surface area (Å²) in [5, 5.41) is 2.88. The van der Waals surface area contributed by atoms with Crippen LogP contribution in [0.4, 0.5) is 11.4 Å². The third kappa shape index (κ3) is 5.07. The molecule has 1 aliphatic heterocycles. The van der Waals surface area contributed by atoms with Crippen LogP contribution >= 0.6 is 0 Å². The summed E-state index contributed by atoms with van der Waals surface area (Å²) in [6.45, 7) is 7.54. The maximum atomic E-state index is 13.0. The number of hydrogen-bond donors (Lipinski definition) is 1. The minimum atomic E-state index is -0.331. The van der Waals surface area contributed by atoms with Crippen LogP contribution in [-0.2, 0) is 4.79 Å². The molecule has 2 aromatic rings. The highest BCUT2D eigenvalue weighted by molar-refractivity contribution is 6.05. The normalized spacial score (nSPS) is 13.1. The van der Waals surface area contributed by atoms with Crippen molar-refractivity contribution in [1.29, 1.82) is 0 Å². The zero-order chi connectivity index (χ0) is 23.1. The predicted octanol–water partition coefficient (Wildman–Crippen LogP) is 4.27. The lowest BCUT2D eigenvalue weighted by atomic mass is 10.1. The van der Waals surface area contributed by atoms with Crippen molar-refractivity contribution in [2.45, 2.75) is 33.6 Å². The molecular formula is C24H30N2O6. The third-order valence-corrected chi connectivity index (χ3v) is 4.97. The molecule has 1 saturated heterocycles. The molecule has 0 bridgehead atoms. The smallest absolute Gasteiger partial charge is 0.255 e. The Labute approximate surface area is 188 Å². The summed E-state index contributed by atoms with van der Waals surface area (Å²) in [6.07, 6.45) is 1.35. The summed E-state index contributed by atoms with van der Waals surface area (Å²) in [5.74, 6) is 1.64. The zero-order valence-electron chi connectivity index (χ0n) is 19.0. The van der Waals surface area contributed by atoms with Gasteiger partial charge in [-0.3, -0.25) is 9.59 Å². The van der Waals surface area contributed by atoms with E-state index in [2.05, 4.69) is 5.32 Å². The highest BCUT2D eigenvalue weighted by Gasteiger charge is 2.25. The summed E-state index contributed by atoms with van der Waals surface area (Å²) in [5.41, 5.74) is 1.62. The van der Waals surface area contributed by atoms with Crippen molar-refractivity contribution in [1.82, 2.24) is 0 Å². The Morgan fingerprint density at radius 3 is 2.16 bits per heavy atom. The number of carbonyl (C=O) groups excluding carboxylic acids is 2. The maximum Gasteiger partial charge on any atom is 0.255 e. The molecule has 0 unspecified atom stereocenters. The molecule has 172 valence electrons. The van der Waals surface area contributed by atoms with Gasteiger partial charge < -0.3 is 29.2 Å². The highest BCUT2D eigenvalue weighted by Crippen LogP contribution is 2.39. The predicted molar refractivity (Wildman–Crippen MR) is 122 cm³/mol. The molecule has 8 nitrogen and oxygen atoms in total. The standard InChI is InChI=1S/C24H30N2O6/c1-5-30-20-13-16(14-21(31-6-2)23(20)32-7-3)24(28)25-17-10-11-18(19(15-17)29-4)26-12-8-9-22(26)27/h10-11,13-15H,5-9,12H2,1-4H3,(H,25,28). The molecule has 32 heavy (non-hydrogen) atoms. The maximum absolute atomic E-state index is 13.0. The Morgan fingerprint density at radius 1 is 0.969 bits per heavy atom. The third-order valence-electron chi connectivity index (χ3n) is 4.97. The number of ether oxygens (including phenoxy) is 4. The van der Waals surface area contributed by atoms with Crippen LogP contribution in [0.25, 0.3) is 0 Å². The number of hydrogen-bond acceptors (Lipinski definition) is 6. The number of methoxy groups -OCH3 is 1. The fourth-order valence-electron chi connectivity index (χ4n) is 3.60. The Kier molecular flexibility index (Phi) is 7.81. The van der Waals surface area contributed by atoms with Crippen LogP contribution in [0, 0.1) is 0 Å². The van der Waals surface area contributed by atoms with Crippen LogP contribution in [-0.4, -0.2) is 45.3 Å². The molecule has 1 N–H and O–H groups in total. The van der Waals surface area contributed by atoms with Gasteiger partial charge in [0.2, 0.25) is 11.7 Å². The average molecular weight is 443 g/mol. The van der Waals surface area contributed by atoms with Crippen molar-refractivity contribution in [3.05, 3.63) is 35.9 Å². The summed E-state index contributed by atoms with van der Waals surface area (Å²) < 4.78 is 22.6. The van der Waals surface area contributed by atoms with Crippen LogP contribution in [0.3, 0.4) is 0 Å². The molecule has 1 fully saturated rings. The van der Waals surface area contributed by atoms with Crippen LogP contribution < -0.4 is 29.2 Å². The van der Waals surface area contributed by atoms with Gasteiger partial charge in [0.05, 0.1) is 32.6 Å². The van der Waals surface area contributed by atoms with Gasteiger partial charge in [-0.05, 0) is 51.5 Å². The lowest BCUT2D eigenvalue weighted by molar-refractivity contribution is -0.117. The van der Waals surface area contributed by atoms with Crippen molar-refractivity contribution >= 4 is 23.2 Å². The van der Waals surface area contributed by atoms with Crippen molar-refractivity contribution in [3.8, 4) is 23.0 Å². The van der Waals surface area contributed by atoms with Gasteiger partial charge in [-0.25, -0.2) is 0 Å². The Hall–Kier alpha value is -3.42. The first-order valence-electron chi connectivity index (χ1n) is 10.9. The summed E-state index contributed by atoms with van der Waals surface area (Å²) >= 11 is 0. The second kappa shape index (κ2) is 10.7. The molecule has 3 rings (SSSR count). The average Bonchev–Trinajstić information content (AvgIpc) is 3.21. The van der Waals surface area contributed by atoms with E-state index in [1.807, 2.05) is 20.8 Å². The fraction of sp³-hybridized carbons (Fsp3) is 0.417. The molecule has 0 atom stereocenters. The van der Waals surface area contributed by atoms with Crippen LogP contribution in [0.1, 0.15) is 44.0 Å². The minimum absolute atomic E-state index is 0.0707. The Morgan fingerprint density at radius 2 is 1.62 bits per heavy atom. The second-order valence-electron chi connectivity index (χ2n) is 7.09. The van der Waals surface area contributed by atoms with Gasteiger partial charge in [0.15, 0.2) is 11.5 Å². The molecule has 0 aromatic heterocycles. The number of anilines is 2. The van der Waals surface area contributed by atoms with Gasteiger partial charge in [-0.1, -0.05) is 0 Å². The molecule has 1 heterocycles. The van der Waals surface area contributed by atoms with Crippen molar-refractivity contribution in [2.75, 3.05) is 43.7 Å². The zero-order valence-corrected chi connectivity index (χ0v) is 19.0. The number of benzene rings is 2. The van der Waals surface area contributed by atoms with Crippen LogP contribution in [0.5, 0.6) is 23.0 Å². The molecule has 0 saturated carbocycles. The largest absolute Gasteiger partial charge is 0.494 e. The Bertz CT molecular complexity index is 948. The molecule has 0 aliphatic carbocycles. The van der Waals surface area contributed by atoms with Crippen molar-refractivity contribution < 1.29 is 28.5 Å². The molecule has 1 aliphatic rings. The molecule has 0 spiro atoms. The van der Waals surface area contributed by atoms with E-state index in [-0.39, 0.29) is 11.8 Å². The lowest BCUT2D eigenvalue weighted by Crippen LogP contribution is -2.24. The first-order valence-corrected chi connectivity index (χ1v) is 10.9. The minimum Gasteiger partial charge on any atom is -0.494 e. The number of amides is 2. The van der Waals surface area contributed by atoms with Gasteiger partial charge in [-0.2, -0.15) is 0 Å². The van der Waals surface area contributed by atoms with Gasteiger partial charge in [0.1, 0.15) is 5.75 Å². The van der Waals surface area contributed by atoms with Crippen molar-refractivity contribution in [2.24, 2.45) is 0 Å². The van der Waals surface area contributed by atoms with Crippen LogP contribution in [0.2, 0.25) is 0 Å². The summed E-state index contributed by atoms with van der Waals surface area (Å²) in [4.78, 5) is 26.8. The summed E-state index contributed by atoms with van der Waals surface area (Å²) in [6, 6.07) is 8.53. The topological polar surface area (TPSA) is 86.3 Å².